The van der Waals surface area contributed by atoms with Gasteiger partial charge in [0.25, 0.3) is 0 Å². The number of thiophene rings is 4. The zero-order chi connectivity index (χ0) is 43.9. The van der Waals surface area contributed by atoms with Crippen molar-refractivity contribution < 1.29 is 0 Å². The molecule has 16 bridgehead atoms. The average Bonchev–Trinajstić information content (AvgIpc) is 4.24. The molecule has 0 spiro atoms. The molecule has 0 fully saturated rings. The summed E-state index contributed by atoms with van der Waals surface area (Å²) in [6.45, 7) is 0. The third-order valence-electron chi connectivity index (χ3n) is 17.6. The Bertz CT molecular complexity index is 3470. The van der Waals surface area contributed by atoms with Gasteiger partial charge in [0.05, 0.1) is 44.9 Å². The molecule has 0 saturated carbocycles. The van der Waals surface area contributed by atoms with Crippen molar-refractivity contribution in [3.8, 4) is 0 Å². The van der Waals surface area contributed by atoms with Gasteiger partial charge in [-0.15, -0.1) is 45.3 Å². The molecular weight excluding hydrogens is 905 g/mol. The normalized spacial score (nSPS) is 29.5. The highest BCUT2D eigenvalue weighted by Crippen LogP contribution is 2.59. The predicted molar refractivity (Wildman–Crippen MR) is 283 cm³/mol. The van der Waals surface area contributed by atoms with Crippen LogP contribution in [0.15, 0.2) is 162 Å². The largest absolute Gasteiger partial charge is 0.354 e. The van der Waals surface area contributed by atoms with Crippen LogP contribution in [0, 0.1) is 23.7 Å². The highest BCUT2D eigenvalue weighted by Gasteiger charge is 2.47. The van der Waals surface area contributed by atoms with Crippen LogP contribution in [0.5, 0.6) is 0 Å². The molecule has 0 amide bonds. The Morgan fingerprint density at radius 1 is 0.353 bits per heavy atom. The quantitative estimate of drug-likeness (QED) is 0.166. The number of fused-ring (bicyclic) bond motifs is 4. The second-order valence-electron chi connectivity index (χ2n) is 20.8. The molecule has 21 rings (SSSR count). The Kier molecular flexibility index (Phi) is 7.87. The van der Waals surface area contributed by atoms with Crippen molar-refractivity contribution in [1.82, 2.24) is 9.97 Å². The van der Waals surface area contributed by atoms with Gasteiger partial charge in [-0.2, -0.15) is 0 Å². The smallest absolute Gasteiger partial charge is 0.0786 e. The molecule has 13 aliphatic carbocycles. The van der Waals surface area contributed by atoms with Crippen LogP contribution in [0.2, 0.25) is 0 Å². The Morgan fingerprint density at radius 3 is 1.01 bits per heavy atom. The van der Waals surface area contributed by atoms with Gasteiger partial charge in [0.2, 0.25) is 0 Å². The van der Waals surface area contributed by atoms with E-state index in [9.17, 15) is 0 Å². The summed E-state index contributed by atoms with van der Waals surface area (Å²) in [5.41, 5.74) is 24.4. The van der Waals surface area contributed by atoms with Crippen molar-refractivity contribution >= 4 is 79.1 Å². The van der Waals surface area contributed by atoms with Gasteiger partial charge >= 0.3 is 0 Å². The van der Waals surface area contributed by atoms with Gasteiger partial charge in [-0.3, -0.25) is 0 Å². The first kappa shape index (κ1) is 38.2. The number of H-pyrrole nitrogens is 2. The van der Waals surface area contributed by atoms with E-state index in [1.165, 1.54) is 183 Å². The highest BCUT2D eigenvalue weighted by molar-refractivity contribution is 7.12. The van der Waals surface area contributed by atoms with Crippen molar-refractivity contribution in [2.75, 3.05) is 0 Å². The minimum absolute atomic E-state index is 0.329. The molecule has 68 heavy (non-hydrogen) atoms. The molecule has 6 aromatic rings. The van der Waals surface area contributed by atoms with E-state index in [2.05, 4.69) is 129 Å². The fourth-order valence-corrected chi connectivity index (χ4v) is 18.1. The number of hydrogen-bond donors (Lipinski definition) is 2. The van der Waals surface area contributed by atoms with Crippen molar-refractivity contribution in [2.24, 2.45) is 33.7 Å². The molecule has 15 aliphatic rings. The number of allylic oxidation sites excluding steroid dienone is 12. The van der Waals surface area contributed by atoms with E-state index in [0.717, 1.165) is 0 Å². The molecule has 0 radical (unpaired) electrons. The number of nitrogens with one attached hydrogen (secondary N) is 2. The third kappa shape index (κ3) is 4.99. The Morgan fingerprint density at radius 2 is 0.676 bits per heavy atom. The molecule has 2 aliphatic heterocycles. The maximum atomic E-state index is 6.26. The molecule has 8 atom stereocenters. The lowest BCUT2D eigenvalue weighted by atomic mass is 9.68. The predicted octanol–water partition coefficient (Wildman–Crippen LogP) is 14.0. The summed E-state index contributed by atoms with van der Waals surface area (Å²) in [7, 11) is 0. The summed E-state index contributed by atoms with van der Waals surface area (Å²) < 4.78 is 0. The van der Waals surface area contributed by atoms with Crippen molar-refractivity contribution in [1.29, 1.82) is 0 Å². The van der Waals surface area contributed by atoms with Gasteiger partial charge in [-0.1, -0.05) is 72.9 Å². The second kappa shape index (κ2) is 14.0. The van der Waals surface area contributed by atoms with Gasteiger partial charge in [0, 0.05) is 89.1 Å². The first-order valence-electron chi connectivity index (χ1n) is 25.1. The van der Waals surface area contributed by atoms with Crippen molar-refractivity contribution in [3.63, 3.8) is 0 Å². The lowest BCUT2D eigenvalue weighted by molar-refractivity contribution is 0.502. The van der Waals surface area contributed by atoms with E-state index in [-0.39, 0.29) is 0 Å². The Balaban J connectivity index is 1.13. The van der Waals surface area contributed by atoms with E-state index in [0.29, 0.717) is 47.3 Å². The van der Waals surface area contributed by atoms with Crippen LogP contribution in [-0.4, -0.2) is 21.4 Å². The molecule has 6 aromatic heterocycles. The van der Waals surface area contributed by atoms with Crippen LogP contribution in [-0.2, 0) is 0 Å². The molecule has 8 heterocycles. The van der Waals surface area contributed by atoms with Gasteiger partial charge in [0.1, 0.15) is 0 Å². The zero-order valence-electron chi connectivity index (χ0n) is 37.4. The van der Waals surface area contributed by atoms with Crippen LogP contribution in [0.1, 0.15) is 128 Å². The van der Waals surface area contributed by atoms with Gasteiger partial charge in [-0.05, 0) is 142 Å². The second-order valence-corrected chi connectivity index (χ2v) is 24.6. The lowest BCUT2D eigenvalue weighted by Gasteiger charge is -2.35. The molecular formula is C60H46N4S4. The van der Waals surface area contributed by atoms with Crippen molar-refractivity contribution in [2.45, 2.75) is 75.0 Å². The molecule has 4 nitrogen and oxygen atoms in total. The molecule has 0 saturated heterocycles. The monoisotopic (exact) mass is 950 g/mol. The summed E-state index contributed by atoms with van der Waals surface area (Å²) in [5.74, 6) is 2.68. The minimum atomic E-state index is 0.329. The molecule has 0 aromatic carbocycles. The van der Waals surface area contributed by atoms with Crippen molar-refractivity contribution in [3.05, 3.63) is 216 Å². The summed E-state index contributed by atoms with van der Waals surface area (Å²) in [4.78, 5) is 26.6. The first-order chi connectivity index (χ1) is 33.7. The zero-order valence-corrected chi connectivity index (χ0v) is 40.6. The molecule has 0 unspecified atom stereocenters. The summed E-state index contributed by atoms with van der Waals surface area (Å²) in [5, 5.41) is 11.7. The third-order valence-corrected chi connectivity index (χ3v) is 21.2. The van der Waals surface area contributed by atoms with E-state index >= 15 is 0 Å². The number of aliphatic imine (C=N–C) groups is 2. The topological polar surface area (TPSA) is 56.3 Å². The molecule has 2 N–H and O–H groups in total. The number of hydrogen-bond acceptors (Lipinski definition) is 6. The Labute approximate surface area is 411 Å². The molecule has 8 heteroatoms. The summed E-state index contributed by atoms with van der Waals surface area (Å²) >= 11 is 7.49. The number of aromatic amines is 2. The van der Waals surface area contributed by atoms with Crippen LogP contribution in [0.25, 0.3) is 22.3 Å². The van der Waals surface area contributed by atoms with Crippen LogP contribution >= 0.6 is 45.3 Å². The average molecular weight is 951 g/mol. The van der Waals surface area contributed by atoms with Crippen LogP contribution < -0.4 is 10.7 Å². The van der Waals surface area contributed by atoms with E-state index in [1.807, 2.05) is 45.3 Å². The van der Waals surface area contributed by atoms with E-state index in [1.54, 1.807) is 0 Å². The summed E-state index contributed by atoms with van der Waals surface area (Å²) in [6, 6.07) is 18.5. The lowest BCUT2D eigenvalue weighted by Crippen LogP contribution is -2.29. The molecule has 330 valence electrons. The van der Waals surface area contributed by atoms with Gasteiger partial charge in [-0.25, -0.2) is 9.98 Å². The summed E-state index contributed by atoms with van der Waals surface area (Å²) in [6.07, 6.45) is 29.7. The Hall–Kier alpha value is -5.64. The number of aromatic nitrogens is 2. The maximum Gasteiger partial charge on any atom is 0.0786 e. The van der Waals surface area contributed by atoms with E-state index < -0.39 is 0 Å². The number of nitrogens with zero attached hydrogens (tertiary/aromatic N) is 2. The first-order valence-corrected chi connectivity index (χ1v) is 28.6. The van der Waals surface area contributed by atoms with Gasteiger partial charge < -0.3 is 9.97 Å². The maximum absolute atomic E-state index is 6.26. The number of rotatable bonds is 4. The fraction of sp³-hybridized carbons (Fsp3) is 0.267. The van der Waals surface area contributed by atoms with Crippen LogP contribution in [0.3, 0.4) is 0 Å². The van der Waals surface area contributed by atoms with E-state index in [4.69, 9.17) is 9.98 Å². The fourth-order valence-electron chi connectivity index (χ4n) is 14.9. The van der Waals surface area contributed by atoms with Gasteiger partial charge in [0.15, 0.2) is 0 Å². The highest BCUT2D eigenvalue weighted by atomic mass is 32.1. The SMILES string of the molecule is C1=C[C@H]2CC[C@@H]1C1=C2C2=NC1=C(c1cccs1)c1[nH]c(c3c1[C@H]1C=C[C@@H]3CC1)C(c1cccs1)=C1N=C(C3=C1[C@H]1C=C[C@@H]3CC1)C(c1cccs1)=c1[nH]c(c3c1[C@H]1C=C[C@@H]3CC1)=C2c1cccs1. The van der Waals surface area contributed by atoms with Crippen LogP contribution in [0.4, 0.5) is 0 Å². The minimum Gasteiger partial charge on any atom is -0.354 e. The standard InChI is InChI=1S/C60H46N4S4/c1-5-37(65-25-1)49-53-41-29-9-13-31(14-10-29)43(41)55(61-53)50(38-6-2-26-66-38)57-45-33-17-21-35(22-18-33)47(45)59(63-57)52(40-8-4-28-68-40)60-48-36-23-19-34(20-24-36)46(48)58(64-60)51(39-7-3-27-67-39)56-44-32-15-11-30(12-16-32)42(44)54(49)62-56/h1-9,11,13,15,17,19,21,23,25-36,61,64H,10,12,14,16,18,20,22,24H2/t29-,30+,31+,32-,33-,34+,35+,36-.